The molecule has 4 aromatic carbocycles. The molecule has 0 aliphatic heterocycles. The summed E-state index contributed by atoms with van der Waals surface area (Å²) in [6.45, 7) is 2.13. The average molecular weight is 347 g/mol. The fourth-order valence-electron chi connectivity index (χ4n) is 3.11. The minimum Gasteiger partial charge on any atom is -0.0616 e. The Morgan fingerprint density at radius 3 is 1.55 bits per heavy atom. The topological polar surface area (TPSA) is 0 Å². The van der Waals surface area contributed by atoms with Crippen LogP contribution in [0.25, 0.3) is 32.7 Å². The molecule has 22 heavy (non-hydrogen) atoms. The van der Waals surface area contributed by atoms with Crippen molar-refractivity contribution in [3.63, 3.8) is 0 Å². The molecule has 106 valence electrons. The molecule has 0 unspecified atom stereocenters. The summed E-state index contributed by atoms with van der Waals surface area (Å²) in [6, 6.07) is 26.0. The quantitative estimate of drug-likeness (QED) is 0.335. The molecule has 0 nitrogen and oxygen atoms in total. The SMILES string of the molecule is Cc1ccc(-c2c3ccccc3c(Br)c3ccccc23)cc1. The van der Waals surface area contributed by atoms with E-state index in [1.807, 2.05) is 0 Å². The minimum atomic E-state index is 1.18. The van der Waals surface area contributed by atoms with Gasteiger partial charge in [-0.3, -0.25) is 0 Å². The molecule has 0 radical (unpaired) electrons. The minimum absolute atomic E-state index is 1.18. The van der Waals surface area contributed by atoms with E-state index in [-0.39, 0.29) is 0 Å². The maximum Gasteiger partial charge on any atom is 0.0332 e. The first-order valence-electron chi connectivity index (χ1n) is 7.42. The Bertz CT molecular complexity index is 925. The molecule has 0 aromatic heterocycles. The van der Waals surface area contributed by atoms with E-state index in [9.17, 15) is 0 Å². The summed E-state index contributed by atoms with van der Waals surface area (Å²) in [4.78, 5) is 0. The number of hydrogen-bond acceptors (Lipinski definition) is 0. The summed E-state index contributed by atoms with van der Waals surface area (Å²) in [5, 5.41) is 5.10. The van der Waals surface area contributed by atoms with E-state index in [0.717, 1.165) is 0 Å². The van der Waals surface area contributed by atoms with Crippen LogP contribution in [0.5, 0.6) is 0 Å². The molecule has 0 spiro atoms. The Kier molecular flexibility index (Phi) is 3.24. The molecule has 0 heterocycles. The van der Waals surface area contributed by atoms with Crippen LogP contribution in [0.15, 0.2) is 77.3 Å². The first-order chi connectivity index (χ1) is 10.8. The second-order valence-electron chi connectivity index (χ2n) is 5.65. The second-order valence-corrected chi connectivity index (χ2v) is 6.44. The van der Waals surface area contributed by atoms with Crippen LogP contribution in [0.4, 0.5) is 0 Å². The number of fused-ring (bicyclic) bond motifs is 2. The monoisotopic (exact) mass is 346 g/mol. The predicted octanol–water partition coefficient (Wildman–Crippen LogP) is 6.73. The molecule has 0 aliphatic rings. The Labute approximate surface area is 138 Å². The summed E-state index contributed by atoms with van der Waals surface area (Å²) in [6.07, 6.45) is 0. The molecule has 0 saturated carbocycles. The van der Waals surface area contributed by atoms with Crippen molar-refractivity contribution in [2.75, 3.05) is 0 Å². The highest BCUT2D eigenvalue weighted by molar-refractivity contribution is 9.10. The maximum absolute atomic E-state index is 3.80. The second kappa shape index (κ2) is 5.26. The number of halogens is 1. The smallest absolute Gasteiger partial charge is 0.0332 e. The van der Waals surface area contributed by atoms with Crippen LogP contribution in [0, 0.1) is 6.92 Å². The number of hydrogen-bond donors (Lipinski definition) is 0. The van der Waals surface area contributed by atoms with E-state index in [1.165, 1.54) is 42.7 Å². The largest absolute Gasteiger partial charge is 0.0616 e. The van der Waals surface area contributed by atoms with Crippen LogP contribution in [-0.4, -0.2) is 0 Å². The van der Waals surface area contributed by atoms with E-state index in [1.54, 1.807) is 0 Å². The third-order valence-corrected chi connectivity index (χ3v) is 5.06. The van der Waals surface area contributed by atoms with Gasteiger partial charge in [-0.25, -0.2) is 0 Å². The molecule has 0 saturated heterocycles. The standard InChI is InChI=1S/C21H15Br/c1-14-10-12-15(13-11-14)20-16-6-2-4-8-18(16)21(22)19-9-5-3-7-17(19)20/h2-13H,1H3. The van der Waals surface area contributed by atoms with Crippen LogP contribution in [-0.2, 0) is 0 Å². The molecule has 0 N–H and O–H groups in total. The predicted molar refractivity (Wildman–Crippen MR) is 99.3 cm³/mol. The van der Waals surface area contributed by atoms with Gasteiger partial charge in [0.1, 0.15) is 0 Å². The van der Waals surface area contributed by atoms with E-state index in [2.05, 4.69) is 95.7 Å². The Morgan fingerprint density at radius 1 is 0.591 bits per heavy atom. The van der Waals surface area contributed by atoms with Crippen LogP contribution in [0.1, 0.15) is 5.56 Å². The fourth-order valence-corrected chi connectivity index (χ4v) is 3.80. The van der Waals surface area contributed by atoms with Crippen LogP contribution in [0.2, 0.25) is 0 Å². The normalized spacial score (nSPS) is 11.2. The van der Waals surface area contributed by atoms with Crippen molar-refractivity contribution in [3.05, 3.63) is 82.8 Å². The molecule has 0 atom stereocenters. The Hall–Kier alpha value is -2.12. The lowest BCUT2D eigenvalue weighted by molar-refractivity contribution is 1.47. The summed E-state index contributed by atoms with van der Waals surface area (Å²) in [5.74, 6) is 0. The lowest BCUT2D eigenvalue weighted by Gasteiger charge is -2.14. The van der Waals surface area contributed by atoms with Gasteiger partial charge in [0.2, 0.25) is 0 Å². The van der Waals surface area contributed by atoms with Crippen LogP contribution in [0.3, 0.4) is 0 Å². The first-order valence-corrected chi connectivity index (χ1v) is 8.21. The summed E-state index contributed by atoms with van der Waals surface area (Å²) < 4.78 is 1.18. The molecule has 0 amide bonds. The van der Waals surface area contributed by atoms with Gasteiger partial charge in [0.25, 0.3) is 0 Å². The van der Waals surface area contributed by atoms with Gasteiger partial charge in [-0.1, -0.05) is 78.4 Å². The van der Waals surface area contributed by atoms with E-state index in [0.29, 0.717) is 0 Å². The van der Waals surface area contributed by atoms with Crippen molar-refractivity contribution in [1.82, 2.24) is 0 Å². The van der Waals surface area contributed by atoms with E-state index < -0.39 is 0 Å². The molecule has 0 aliphatic carbocycles. The van der Waals surface area contributed by atoms with Gasteiger partial charge in [-0.2, -0.15) is 0 Å². The average Bonchev–Trinajstić information content (AvgIpc) is 2.57. The zero-order valence-corrected chi connectivity index (χ0v) is 13.9. The number of aryl methyl sites for hydroxylation is 1. The lowest BCUT2D eigenvalue weighted by Crippen LogP contribution is -1.87. The van der Waals surface area contributed by atoms with Gasteiger partial charge in [-0.15, -0.1) is 0 Å². The third-order valence-electron chi connectivity index (χ3n) is 4.21. The maximum atomic E-state index is 3.80. The fraction of sp³-hybridized carbons (Fsp3) is 0.0476. The van der Waals surface area contributed by atoms with Crippen molar-refractivity contribution in [3.8, 4) is 11.1 Å². The zero-order valence-electron chi connectivity index (χ0n) is 12.3. The highest BCUT2D eigenvalue weighted by Gasteiger charge is 2.13. The van der Waals surface area contributed by atoms with Gasteiger partial charge >= 0.3 is 0 Å². The van der Waals surface area contributed by atoms with E-state index in [4.69, 9.17) is 0 Å². The molecule has 1 heteroatoms. The summed E-state index contributed by atoms with van der Waals surface area (Å²) in [7, 11) is 0. The number of rotatable bonds is 1. The van der Waals surface area contributed by atoms with E-state index >= 15 is 0 Å². The summed E-state index contributed by atoms with van der Waals surface area (Å²) in [5.41, 5.74) is 3.87. The van der Waals surface area contributed by atoms with Gasteiger partial charge < -0.3 is 0 Å². The molecule has 0 fully saturated rings. The van der Waals surface area contributed by atoms with Crippen molar-refractivity contribution < 1.29 is 0 Å². The Morgan fingerprint density at radius 2 is 1.05 bits per heavy atom. The van der Waals surface area contributed by atoms with Gasteiger partial charge in [0.05, 0.1) is 0 Å². The lowest BCUT2D eigenvalue weighted by atomic mass is 9.92. The molecule has 0 bridgehead atoms. The highest BCUT2D eigenvalue weighted by Crippen LogP contribution is 2.41. The van der Waals surface area contributed by atoms with Crippen molar-refractivity contribution in [2.24, 2.45) is 0 Å². The van der Waals surface area contributed by atoms with Crippen molar-refractivity contribution in [2.45, 2.75) is 6.92 Å². The molecular formula is C21H15Br. The van der Waals surface area contributed by atoms with Gasteiger partial charge in [0.15, 0.2) is 0 Å². The van der Waals surface area contributed by atoms with Crippen molar-refractivity contribution >= 4 is 37.5 Å². The van der Waals surface area contributed by atoms with Crippen LogP contribution < -0.4 is 0 Å². The molecule has 4 rings (SSSR count). The van der Waals surface area contributed by atoms with Crippen LogP contribution >= 0.6 is 15.9 Å². The highest BCUT2D eigenvalue weighted by atomic mass is 79.9. The number of benzene rings is 4. The summed E-state index contributed by atoms with van der Waals surface area (Å²) >= 11 is 3.80. The first kappa shape index (κ1) is 13.5. The Balaban J connectivity index is 2.23. The molecular weight excluding hydrogens is 332 g/mol. The molecule has 4 aromatic rings. The van der Waals surface area contributed by atoms with Gasteiger partial charge in [-0.05, 0) is 55.5 Å². The van der Waals surface area contributed by atoms with Gasteiger partial charge in [0, 0.05) is 4.47 Å². The zero-order chi connectivity index (χ0) is 15.1. The third kappa shape index (κ3) is 2.05. The van der Waals surface area contributed by atoms with Crippen molar-refractivity contribution in [1.29, 1.82) is 0 Å².